The molecule has 1 N–H and O–H groups in total. The Kier molecular flexibility index (Phi) is 4.71. The SMILES string of the molecule is CC(NC(=O)c1ncccc1Br)c1ccc(Br)cc1. The van der Waals surface area contributed by atoms with Gasteiger partial charge >= 0.3 is 0 Å². The van der Waals surface area contributed by atoms with Crippen LogP contribution in [0.4, 0.5) is 0 Å². The first kappa shape index (κ1) is 14.2. The van der Waals surface area contributed by atoms with Crippen LogP contribution in [0.3, 0.4) is 0 Å². The smallest absolute Gasteiger partial charge is 0.271 e. The molecule has 0 aliphatic carbocycles. The molecule has 3 nitrogen and oxygen atoms in total. The first-order chi connectivity index (χ1) is 9.08. The molecule has 0 bridgehead atoms. The summed E-state index contributed by atoms with van der Waals surface area (Å²) in [5.74, 6) is -0.192. The van der Waals surface area contributed by atoms with Gasteiger partial charge in [-0.05, 0) is 52.7 Å². The minimum Gasteiger partial charge on any atom is -0.344 e. The number of amides is 1. The Bertz CT molecular complexity index is 584. The highest BCUT2D eigenvalue weighted by molar-refractivity contribution is 9.10. The molecular weight excluding hydrogens is 372 g/mol. The number of halogens is 2. The molecule has 0 aliphatic rings. The van der Waals surface area contributed by atoms with E-state index in [1.165, 1.54) is 0 Å². The van der Waals surface area contributed by atoms with Crippen molar-refractivity contribution in [2.75, 3.05) is 0 Å². The van der Waals surface area contributed by atoms with E-state index in [9.17, 15) is 4.79 Å². The van der Waals surface area contributed by atoms with Crippen molar-refractivity contribution in [1.29, 1.82) is 0 Å². The summed E-state index contributed by atoms with van der Waals surface area (Å²) in [6.45, 7) is 1.94. The van der Waals surface area contributed by atoms with E-state index in [0.29, 0.717) is 10.2 Å². The number of pyridine rings is 1. The first-order valence-corrected chi connectivity index (χ1v) is 7.33. The number of benzene rings is 1. The summed E-state index contributed by atoms with van der Waals surface area (Å²) in [5, 5.41) is 2.93. The summed E-state index contributed by atoms with van der Waals surface area (Å²) < 4.78 is 1.71. The lowest BCUT2D eigenvalue weighted by Crippen LogP contribution is -2.27. The lowest BCUT2D eigenvalue weighted by atomic mass is 10.1. The fourth-order valence-corrected chi connectivity index (χ4v) is 2.35. The molecule has 0 aliphatic heterocycles. The average Bonchev–Trinajstić information content (AvgIpc) is 2.39. The fourth-order valence-electron chi connectivity index (χ4n) is 1.65. The van der Waals surface area contributed by atoms with E-state index in [2.05, 4.69) is 42.2 Å². The van der Waals surface area contributed by atoms with Crippen LogP contribution in [-0.2, 0) is 0 Å². The quantitative estimate of drug-likeness (QED) is 0.866. The Morgan fingerprint density at radius 3 is 2.53 bits per heavy atom. The summed E-state index contributed by atoms with van der Waals surface area (Å²) in [4.78, 5) is 16.2. The van der Waals surface area contributed by atoms with Crippen LogP contribution in [-0.4, -0.2) is 10.9 Å². The molecule has 1 aromatic carbocycles. The minimum atomic E-state index is -0.192. The van der Waals surface area contributed by atoms with Crippen molar-refractivity contribution >= 4 is 37.8 Å². The molecule has 1 heterocycles. The van der Waals surface area contributed by atoms with Gasteiger partial charge in [-0.2, -0.15) is 0 Å². The molecule has 98 valence electrons. The molecule has 1 amide bonds. The second-order valence-corrected chi connectivity index (χ2v) is 5.85. The van der Waals surface area contributed by atoms with Gasteiger partial charge in [-0.1, -0.05) is 28.1 Å². The molecule has 1 atom stereocenters. The zero-order valence-electron chi connectivity index (χ0n) is 10.2. The zero-order valence-corrected chi connectivity index (χ0v) is 13.4. The van der Waals surface area contributed by atoms with Crippen LogP contribution in [0.5, 0.6) is 0 Å². The van der Waals surface area contributed by atoms with Gasteiger partial charge in [0.25, 0.3) is 5.91 Å². The van der Waals surface area contributed by atoms with Crippen molar-refractivity contribution in [1.82, 2.24) is 10.3 Å². The maximum absolute atomic E-state index is 12.1. The fraction of sp³-hybridized carbons (Fsp3) is 0.143. The number of nitrogens with one attached hydrogen (secondary N) is 1. The van der Waals surface area contributed by atoms with Crippen molar-refractivity contribution in [3.8, 4) is 0 Å². The predicted octanol–water partition coefficient (Wildman–Crippen LogP) is 4.10. The van der Waals surface area contributed by atoms with Gasteiger partial charge in [0.15, 0.2) is 0 Å². The third kappa shape index (κ3) is 3.64. The van der Waals surface area contributed by atoms with E-state index in [1.54, 1.807) is 18.3 Å². The van der Waals surface area contributed by atoms with Crippen molar-refractivity contribution in [3.63, 3.8) is 0 Å². The summed E-state index contributed by atoms with van der Waals surface area (Å²) >= 11 is 6.71. The van der Waals surface area contributed by atoms with Crippen LogP contribution in [0.2, 0.25) is 0 Å². The average molecular weight is 384 g/mol. The van der Waals surface area contributed by atoms with Crippen molar-refractivity contribution in [2.24, 2.45) is 0 Å². The summed E-state index contributed by atoms with van der Waals surface area (Å²) in [5.41, 5.74) is 1.44. The number of aromatic nitrogens is 1. The van der Waals surface area contributed by atoms with E-state index in [0.717, 1.165) is 10.0 Å². The Hall–Kier alpha value is -1.20. The van der Waals surface area contributed by atoms with E-state index < -0.39 is 0 Å². The van der Waals surface area contributed by atoms with Crippen molar-refractivity contribution in [2.45, 2.75) is 13.0 Å². The Morgan fingerprint density at radius 1 is 1.21 bits per heavy atom. The molecule has 1 aromatic heterocycles. The molecule has 19 heavy (non-hydrogen) atoms. The van der Waals surface area contributed by atoms with E-state index in [4.69, 9.17) is 0 Å². The number of carbonyl (C=O) groups excluding carboxylic acids is 1. The Labute approximate surface area is 128 Å². The standard InChI is InChI=1S/C14H12Br2N2O/c1-9(10-4-6-11(15)7-5-10)18-14(19)13-12(16)3-2-8-17-13/h2-9H,1H3,(H,18,19). The lowest BCUT2D eigenvalue weighted by Gasteiger charge is -2.14. The highest BCUT2D eigenvalue weighted by Crippen LogP contribution is 2.18. The number of nitrogens with zero attached hydrogens (tertiary/aromatic N) is 1. The van der Waals surface area contributed by atoms with Crippen LogP contribution >= 0.6 is 31.9 Å². The summed E-state index contributed by atoms with van der Waals surface area (Å²) in [6.07, 6.45) is 1.60. The van der Waals surface area contributed by atoms with Gasteiger partial charge in [-0.3, -0.25) is 4.79 Å². The summed E-state index contributed by atoms with van der Waals surface area (Å²) in [7, 11) is 0. The van der Waals surface area contributed by atoms with E-state index in [1.807, 2.05) is 31.2 Å². The second-order valence-electron chi connectivity index (χ2n) is 4.08. The second kappa shape index (κ2) is 6.30. The van der Waals surface area contributed by atoms with Crippen molar-refractivity contribution in [3.05, 3.63) is 62.8 Å². The molecule has 1 unspecified atom stereocenters. The van der Waals surface area contributed by atoms with Crippen LogP contribution in [0.15, 0.2) is 51.5 Å². The van der Waals surface area contributed by atoms with E-state index >= 15 is 0 Å². The molecule has 0 saturated carbocycles. The lowest BCUT2D eigenvalue weighted by molar-refractivity contribution is 0.0934. The minimum absolute atomic E-state index is 0.0745. The van der Waals surface area contributed by atoms with E-state index in [-0.39, 0.29) is 11.9 Å². The van der Waals surface area contributed by atoms with Gasteiger partial charge in [-0.15, -0.1) is 0 Å². The predicted molar refractivity (Wildman–Crippen MR) is 82.0 cm³/mol. The Balaban J connectivity index is 2.11. The monoisotopic (exact) mass is 382 g/mol. The molecule has 0 spiro atoms. The number of rotatable bonds is 3. The first-order valence-electron chi connectivity index (χ1n) is 5.75. The summed E-state index contributed by atoms with van der Waals surface area (Å²) in [6, 6.07) is 11.4. The zero-order chi connectivity index (χ0) is 13.8. The van der Waals surface area contributed by atoms with Gasteiger partial charge in [0.2, 0.25) is 0 Å². The molecule has 0 saturated heterocycles. The number of hydrogen-bond donors (Lipinski definition) is 1. The highest BCUT2D eigenvalue weighted by atomic mass is 79.9. The third-order valence-electron chi connectivity index (χ3n) is 2.69. The van der Waals surface area contributed by atoms with Crippen LogP contribution in [0.25, 0.3) is 0 Å². The third-order valence-corrected chi connectivity index (χ3v) is 3.86. The Morgan fingerprint density at radius 2 is 1.89 bits per heavy atom. The van der Waals surface area contributed by atoms with Crippen LogP contribution in [0.1, 0.15) is 29.0 Å². The van der Waals surface area contributed by atoms with Crippen molar-refractivity contribution < 1.29 is 4.79 Å². The largest absolute Gasteiger partial charge is 0.344 e. The van der Waals surface area contributed by atoms with Gasteiger partial charge in [0.05, 0.1) is 6.04 Å². The molecule has 0 radical (unpaired) electrons. The van der Waals surface area contributed by atoms with Crippen LogP contribution < -0.4 is 5.32 Å². The van der Waals surface area contributed by atoms with Gasteiger partial charge in [0, 0.05) is 15.1 Å². The normalized spacial score (nSPS) is 11.9. The topological polar surface area (TPSA) is 42.0 Å². The highest BCUT2D eigenvalue weighted by Gasteiger charge is 2.14. The molecule has 2 rings (SSSR count). The molecule has 5 heteroatoms. The number of carbonyl (C=O) groups is 1. The molecule has 0 fully saturated rings. The maximum atomic E-state index is 12.1. The molecule has 2 aromatic rings. The maximum Gasteiger partial charge on any atom is 0.271 e. The molecular formula is C14H12Br2N2O. The van der Waals surface area contributed by atoms with Gasteiger partial charge < -0.3 is 5.32 Å². The van der Waals surface area contributed by atoms with Crippen LogP contribution in [0, 0.1) is 0 Å². The number of hydrogen-bond acceptors (Lipinski definition) is 2. The van der Waals surface area contributed by atoms with Gasteiger partial charge in [0.1, 0.15) is 5.69 Å². The van der Waals surface area contributed by atoms with Gasteiger partial charge in [-0.25, -0.2) is 4.98 Å².